The number of nitrogens with zero attached hydrogens (tertiary/aromatic N) is 2. The van der Waals surface area contributed by atoms with E-state index in [2.05, 4.69) is 15.7 Å². The van der Waals surface area contributed by atoms with Crippen LogP contribution in [0.25, 0.3) is 0 Å². The first-order valence-electron chi connectivity index (χ1n) is 5.72. The van der Waals surface area contributed by atoms with Gasteiger partial charge in [-0.05, 0) is 13.3 Å². The minimum atomic E-state index is -1.04. The molecule has 1 heterocycles. The van der Waals surface area contributed by atoms with Gasteiger partial charge in [0.2, 0.25) is 0 Å². The molecule has 1 aromatic rings. The molecule has 0 spiro atoms. The zero-order valence-electron chi connectivity index (χ0n) is 10.7. The van der Waals surface area contributed by atoms with Gasteiger partial charge in [-0.2, -0.15) is 5.10 Å². The first-order valence-corrected chi connectivity index (χ1v) is 5.72. The molecule has 7 heteroatoms. The van der Waals surface area contributed by atoms with Crippen molar-refractivity contribution in [1.29, 1.82) is 0 Å². The summed E-state index contributed by atoms with van der Waals surface area (Å²) in [6.45, 7) is 3.50. The number of carboxylic acid groups (broad SMARTS) is 1. The van der Waals surface area contributed by atoms with E-state index in [0.29, 0.717) is 6.42 Å². The molecule has 2 unspecified atom stereocenters. The second-order valence-corrected chi connectivity index (χ2v) is 4.09. The maximum Gasteiger partial charge on any atom is 0.326 e. The molecular weight excluding hydrogens is 236 g/mol. The molecule has 0 bridgehead atoms. The summed E-state index contributed by atoms with van der Waals surface area (Å²) in [4.78, 5) is 22.4. The van der Waals surface area contributed by atoms with Gasteiger partial charge in [0.05, 0.1) is 12.2 Å². The molecule has 0 aliphatic heterocycles. The average Bonchev–Trinajstić information content (AvgIpc) is 2.72. The van der Waals surface area contributed by atoms with E-state index >= 15 is 0 Å². The Hall–Kier alpha value is -2.05. The first kappa shape index (κ1) is 14.0. The molecule has 0 aliphatic rings. The lowest BCUT2D eigenvalue weighted by Crippen LogP contribution is -2.46. The van der Waals surface area contributed by atoms with Gasteiger partial charge >= 0.3 is 12.0 Å². The van der Waals surface area contributed by atoms with Gasteiger partial charge in [-0.3, -0.25) is 4.68 Å². The smallest absolute Gasteiger partial charge is 0.326 e. The summed E-state index contributed by atoms with van der Waals surface area (Å²) >= 11 is 0. The summed E-state index contributed by atoms with van der Waals surface area (Å²) in [5, 5.41) is 17.9. The summed E-state index contributed by atoms with van der Waals surface area (Å²) < 4.78 is 1.64. The average molecular weight is 254 g/mol. The van der Waals surface area contributed by atoms with Gasteiger partial charge in [-0.1, -0.05) is 6.92 Å². The summed E-state index contributed by atoms with van der Waals surface area (Å²) in [6.07, 6.45) is 3.78. The molecule has 0 saturated heterocycles. The van der Waals surface area contributed by atoms with E-state index in [1.54, 1.807) is 38.0 Å². The van der Waals surface area contributed by atoms with Gasteiger partial charge in [0, 0.05) is 18.8 Å². The number of carbonyl (C=O) groups excluding carboxylic acids is 1. The molecular formula is C11H18N4O3. The van der Waals surface area contributed by atoms with Crippen LogP contribution in [0.4, 0.5) is 4.79 Å². The van der Waals surface area contributed by atoms with Crippen molar-refractivity contribution in [3.05, 3.63) is 18.0 Å². The number of carbonyl (C=O) groups is 2. The topological polar surface area (TPSA) is 96.3 Å². The molecule has 1 aromatic heterocycles. The maximum absolute atomic E-state index is 11.6. The molecule has 0 fully saturated rings. The highest BCUT2D eigenvalue weighted by Crippen LogP contribution is 2.09. The van der Waals surface area contributed by atoms with Gasteiger partial charge < -0.3 is 15.7 Å². The number of nitrogens with one attached hydrogen (secondary N) is 2. The Labute approximate surface area is 105 Å². The van der Waals surface area contributed by atoms with E-state index in [-0.39, 0.29) is 6.04 Å². The third kappa shape index (κ3) is 3.76. The fourth-order valence-corrected chi connectivity index (χ4v) is 1.48. The molecule has 7 nitrogen and oxygen atoms in total. The number of aliphatic carboxylic acids is 1. The number of rotatable bonds is 5. The third-order valence-corrected chi connectivity index (χ3v) is 2.58. The number of aromatic nitrogens is 2. The SMILES string of the molecule is CCC(NC(=O)NC(C)c1cnn(C)c1)C(=O)O. The van der Waals surface area contributed by atoms with Gasteiger partial charge in [0.1, 0.15) is 6.04 Å². The zero-order valence-corrected chi connectivity index (χ0v) is 10.7. The molecule has 18 heavy (non-hydrogen) atoms. The molecule has 3 N–H and O–H groups in total. The van der Waals surface area contributed by atoms with Crippen molar-refractivity contribution in [2.24, 2.45) is 7.05 Å². The van der Waals surface area contributed by atoms with Crippen molar-refractivity contribution in [1.82, 2.24) is 20.4 Å². The molecule has 0 radical (unpaired) electrons. The molecule has 1 rings (SSSR count). The van der Waals surface area contributed by atoms with Crippen LogP contribution in [0, 0.1) is 0 Å². The Kier molecular flexibility index (Phi) is 4.70. The summed E-state index contributed by atoms with van der Waals surface area (Å²) in [5.74, 6) is -1.04. The van der Waals surface area contributed by atoms with Crippen molar-refractivity contribution in [2.75, 3.05) is 0 Å². The highest BCUT2D eigenvalue weighted by Gasteiger charge is 2.19. The number of carboxylic acids is 1. The van der Waals surface area contributed by atoms with Crippen molar-refractivity contribution >= 4 is 12.0 Å². The van der Waals surface area contributed by atoms with E-state index in [0.717, 1.165) is 5.56 Å². The monoisotopic (exact) mass is 254 g/mol. The van der Waals surface area contributed by atoms with Crippen LogP contribution in [0.15, 0.2) is 12.4 Å². The molecule has 0 aromatic carbocycles. The second kappa shape index (κ2) is 6.04. The minimum absolute atomic E-state index is 0.231. The molecule has 2 amide bonds. The van der Waals surface area contributed by atoms with Crippen LogP contribution in [0.3, 0.4) is 0 Å². The van der Waals surface area contributed by atoms with Crippen LogP contribution in [0.1, 0.15) is 31.9 Å². The van der Waals surface area contributed by atoms with Gasteiger partial charge in [0.25, 0.3) is 0 Å². The standard InChI is InChI=1S/C11H18N4O3/c1-4-9(10(16)17)14-11(18)13-7(2)8-5-12-15(3)6-8/h5-7,9H,4H2,1-3H3,(H,16,17)(H2,13,14,18). The molecule has 2 atom stereocenters. The predicted molar refractivity (Wildman–Crippen MR) is 65.0 cm³/mol. The second-order valence-electron chi connectivity index (χ2n) is 4.09. The van der Waals surface area contributed by atoms with Gasteiger partial charge in [-0.25, -0.2) is 9.59 Å². The van der Waals surface area contributed by atoms with E-state index in [4.69, 9.17) is 5.11 Å². The fraction of sp³-hybridized carbons (Fsp3) is 0.545. The van der Waals surface area contributed by atoms with Crippen molar-refractivity contribution in [3.8, 4) is 0 Å². The quantitative estimate of drug-likeness (QED) is 0.718. The molecule has 0 aliphatic carbocycles. The Morgan fingerprint density at radius 2 is 2.17 bits per heavy atom. The van der Waals surface area contributed by atoms with Crippen molar-refractivity contribution in [2.45, 2.75) is 32.4 Å². The van der Waals surface area contributed by atoms with E-state index in [9.17, 15) is 9.59 Å². The van der Waals surface area contributed by atoms with E-state index in [1.165, 1.54) is 0 Å². The van der Waals surface area contributed by atoms with Crippen LogP contribution in [0.5, 0.6) is 0 Å². The van der Waals surface area contributed by atoms with Crippen LogP contribution in [-0.4, -0.2) is 32.9 Å². The van der Waals surface area contributed by atoms with Crippen molar-refractivity contribution in [3.63, 3.8) is 0 Å². The Bertz CT molecular complexity index is 430. The number of aryl methyl sites for hydroxylation is 1. The number of hydrogen-bond acceptors (Lipinski definition) is 3. The largest absolute Gasteiger partial charge is 0.480 e. The Morgan fingerprint density at radius 1 is 1.50 bits per heavy atom. The Morgan fingerprint density at radius 3 is 2.61 bits per heavy atom. The third-order valence-electron chi connectivity index (χ3n) is 2.58. The minimum Gasteiger partial charge on any atom is -0.480 e. The summed E-state index contributed by atoms with van der Waals surface area (Å²) in [5.41, 5.74) is 0.857. The van der Waals surface area contributed by atoms with Crippen LogP contribution < -0.4 is 10.6 Å². The number of amides is 2. The fourth-order valence-electron chi connectivity index (χ4n) is 1.48. The van der Waals surface area contributed by atoms with Crippen LogP contribution >= 0.6 is 0 Å². The normalized spacial score (nSPS) is 13.7. The maximum atomic E-state index is 11.6. The summed E-state index contributed by atoms with van der Waals surface area (Å²) in [6, 6.07) is -1.60. The van der Waals surface area contributed by atoms with Gasteiger partial charge in [0.15, 0.2) is 0 Å². The lowest BCUT2D eigenvalue weighted by molar-refractivity contribution is -0.139. The lowest BCUT2D eigenvalue weighted by Gasteiger charge is -2.16. The number of hydrogen-bond donors (Lipinski definition) is 3. The molecule has 100 valence electrons. The van der Waals surface area contributed by atoms with Gasteiger partial charge in [-0.15, -0.1) is 0 Å². The number of urea groups is 1. The summed E-state index contributed by atoms with van der Waals surface area (Å²) in [7, 11) is 1.79. The van der Waals surface area contributed by atoms with E-state index in [1.807, 2.05) is 0 Å². The highest BCUT2D eigenvalue weighted by atomic mass is 16.4. The van der Waals surface area contributed by atoms with E-state index < -0.39 is 18.0 Å². The first-order chi connectivity index (χ1) is 8.43. The molecule has 0 saturated carbocycles. The van der Waals surface area contributed by atoms with Crippen molar-refractivity contribution < 1.29 is 14.7 Å². The van der Waals surface area contributed by atoms with Crippen LogP contribution in [-0.2, 0) is 11.8 Å². The van der Waals surface area contributed by atoms with Crippen LogP contribution in [0.2, 0.25) is 0 Å². The Balaban J connectivity index is 2.52. The lowest BCUT2D eigenvalue weighted by atomic mass is 10.2. The zero-order chi connectivity index (χ0) is 13.7. The predicted octanol–water partition coefficient (Wildman–Crippen LogP) is 0.643. The highest BCUT2D eigenvalue weighted by molar-refractivity contribution is 5.82.